The zero-order valence-corrected chi connectivity index (χ0v) is 12.0. The molecule has 0 radical (unpaired) electrons. The minimum Gasteiger partial charge on any atom is -0.326 e. The summed E-state index contributed by atoms with van der Waals surface area (Å²) in [4.78, 5) is 11.9. The second-order valence-corrected chi connectivity index (χ2v) is 4.60. The van der Waals surface area contributed by atoms with Crippen molar-refractivity contribution in [2.45, 2.75) is 19.9 Å². The van der Waals surface area contributed by atoms with E-state index in [2.05, 4.69) is 22.3 Å². The van der Waals surface area contributed by atoms with Gasteiger partial charge in [-0.15, -0.1) is 0 Å². The quantitative estimate of drug-likeness (QED) is 0.835. The normalized spacial score (nSPS) is 9.81. The number of benzene rings is 1. The minimum atomic E-state index is -0.0364. The SMILES string of the molecule is Cc1cc(NC(=O)CCn2cccn2)ccc1C#CCN. The highest BCUT2D eigenvalue weighted by atomic mass is 16.1. The van der Waals surface area contributed by atoms with Gasteiger partial charge in [-0.1, -0.05) is 11.8 Å². The van der Waals surface area contributed by atoms with Crippen LogP contribution >= 0.6 is 0 Å². The second kappa shape index (κ2) is 7.27. The number of carbonyl (C=O) groups excluding carboxylic acids is 1. The largest absolute Gasteiger partial charge is 0.326 e. The van der Waals surface area contributed by atoms with Crippen molar-refractivity contribution in [1.82, 2.24) is 9.78 Å². The summed E-state index contributed by atoms with van der Waals surface area (Å²) < 4.78 is 1.73. The first-order valence-electron chi connectivity index (χ1n) is 6.76. The molecule has 2 aromatic rings. The van der Waals surface area contributed by atoms with Crippen LogP contribution in [0.5, 0.6) is 0 Å². The van der Waals surface area contributed by atoms with E-state index in [-0.39, 0.29) is 5.91 Å². The number of rotatable bonds is 4. The van der Waals surface area contributed by atoms with Crippen molar-refractivity contribution in [2.75, 3.05) is 11.9 Å². The highest BCUT2D eigenvalue weighted by Gasteiger charge is 2.04. The molecule has 0 aliphatic rings. The van der Waals surface area contributed by atoms with Crippen LogP contribution in [-0.4, -0.2) is 22.2 Å². The molecule has 1 heterocycles. The van der Waals surface area contributed by atoms with E-state index in [1.54, 1.807) is 10.9 Å². The molecular weight excluding hydrogens is 264 g/mol. The summed E-state index contributed by atoms with van der Waals surface area (Å²) in [6, 6.07) is 7.48. The third kappa shape index (κ3) is 4.48. The lowest BCUT2D eigenvalue weighted by molar-refractivity contribution is -0.116. The van der Waals surface area contributed by atoms with Crippen molar-refractivity contribution in [3.05, 3.63) is 47.8 Å². The van der Waals surface area contributed by atoms with E-state index >= 15 is 0 Å². The predicted octanol–water partition coefficient (Wildman–Crippen LogP) is 1.53. The zero-order chi connectivity index (χ0) is 15.1. The van der Waals surface area contributed by atoms with Crippen LogP contribution in [0, 0.1) is 18.8 Å². The molecule has 1 amide bonds. The van der Waals surface area contributed by atoms with Gasteiger partial charge in [-0.3, -0.25) is 9.48 Å². The Labute approximate surface area is 124 Å². The number of hydrogen-bond donors (Lipinski definition) is 2. The summed E-state index contributed by atoms with van der Waals surface area (Å²) in [6.07, 6.45) is 3.92. The molecular formula is C16H18N4O. The van der Waals surface area contributed by atoms with Crippen LogP contribution in [0.4, 0.5) is 5.69 Å². The van der Waals surface area contributed by atoms with E-state index < -0.39 is 0 Å². The van der Waals surface area contributed by atoms with E-state index in [9.17, 15) is 4.79 Å². The molecule has 0 atom stereocenters. The van der Waals surface area contributed by atoms with Crippen LogP contribution in [-0.2, 0) is 11.3 Å². The van der Waals surface area contributed by atoms with Crippen molar-refractivity contribution >= 4 is 11.6 Å². The van der Waals surface area contributed by atoms with E-state index in [0.717, 1.165) is 16.8 Å². The first-order chi connectivity index (χ1) is 10.2. The van der Waals surface area contributed by atoms with Crippen LogP contribution < -0.4 is 11.1 Å². The van der Waals surface area contributed by atoms with Crippen LogP contribution in [0.1, 0.15) is 17.5 Å². The molecule has 1 aromatic carbocycles. The molecule has 2 rings (SSSR count). The highest BCUT2D eigenvalue weighted by molar-refractivity contribution is 5.90. The Kier molecular flexibility index (Phi) is 5.13. The number of hydrogen-bond acceptors (Lipinski definition) is 3. The van der Waals surface area contributed by atoms with Crippen LogP contribution in [0.2, 0.25) is 0 Å². The number of aromatic nitrogens is 2. The van der Waals surface area contributed by atoms with Gasteiger partial charge in [0.15, 0.2) is 0 Å². The Bertz CT molecular complexity index is 665. The first-order valence-corrected chi connectivity index (χ1v) is 6.76. The fourth-order valence-corrected chi connectivity index (χ4v) is 1.90. The average molecular weight is 282 g/mol. The maximum atomic E-state index is 11.9. The van der Waals surface area contributed by atoms with Crippen molar-refractivity contribution in [1.29, 1.82) is 0 Å². The van der Waals surface area contributed by atoms with Crippen molar-refractivity contribution < 1.29 is 4.79 Å². The summed E-state index contributed by atoms with van der Waals surface area (Å²) >= 11 is 0. The predicted molar refractivity (Wildman–Crippen MR) is 82.6 cm³/mol. The average Bonchev–Trinajstić information content (AvgIpc) is 2.98. The fraction of sp³-hybridized carbons (Fsp3) is 0.250. The van der Waals surface area contributed by atoms with E-state index in [0.29, 0.717) is 19.5 Å². The number of nitrogens with two attached hydrogens (primary N) is 1. The summed E-state index contributed by atoms with van der Waals surface area (Å²) in [5.41, 5.74) is 8.07. The van der Waals surface area contributed by atoms with Gasteiger partial charge in [-0.05, 0) is 36.8 Å². The Morgan fingerprint density at radius 3 is 3.00 bits per heavy atom. The van der Waals surface area contributed by atoms with Gasteiger partial charge in [0.2, 0.25) is 5.91 Å². The van der Waals surface area contributed by atoms with Crippen LogP contribution in [0.15, 0.2) is 36.7 Å². The lowest BCUT2D eigenvalue weighted by Gasteiger charge is -2.07. The molecule has 5 heteroatoms. The van der Waals surface area contributed by atoms with Crippen LogP contribution in [0.25, 0.3) is 0 Å². The Morgan fingerprint density at radius 1 is 1.48 bits per heavy atom. The minimum absolute atomic E-state index is 0.0364. The lowest BCUT2D eigenvalue weighted by atomic mass is 10.1. The number of nitrogens with one attached hydrogen (secondary N) is 1. The number of anilines is 1. The van der Waals surface area contributed by atoms with E-state index in [1.807, 2.05) is 37.4 Å². The summed E-state index contributed by atoms with van der Waals surface area (Å²) in [6.45, 7) is 2.86. The Balaban J connectivity index is 1.93. The van der Waals surface area contributed by atoms with Crippen molar-refractivity contribution in [3.8, 4) is 11.8 Å². The molecule has 0 saturated carbocycles. The van der Waals surface area contributed by atoms with Gasteiger partial charge in [0.1, 0.15) is 0 Å². The third-order valence-electron chi connectivity index (χ3n) is 2.96. The van der Waals surface area contributed by atoms with Gasteiger partial charge in [0, 0.05) is 36.6 Å². The number of amides is 1. The zero-order valence-electron chi connectivity index (χ0n) is 12.0. The molecule has 0 bridgehead atoms. The number of carbonyl (C=O) groups is 1. The molecule has 5 nitrogen and oxygen atoms in total. The van der Waals surface area contributed by atoms with Crippen LogP contribution in [0.3, 0.4) is 0 Å². The lowest BCUT2D eigenvalue weighted by Crippen LogP contribution is -2.14. The van der Waals surface area contributed by atoms with Crippen molar-refractivity contribution in [2.24, 2.45) is 5.73 Å². The smallest absolute Gasteiger partial charge is 0.226 e. The summed E-state index contributed by atoms with van der Waals surface area (Å²) in [5, 5.41) is 6.94. The molecule has 0 fully saturated rings. The standard InChI is InChI=1S/C16H18N4O/c1-13-12-15(6-5-14(13)4-2-8-17)19-16(21)7-11-20-10-3-9-18-20/h3,5-6,9-10,12H,7-8,11,17H2,1H3,(H,19,21). The molecule has 0 aliphatic carbocycles. The second-order valence-electron chi connectivity index (χ2n) is 4.60. The van der Waals surface area contributed by atoms with Gasteiger partial charge in [0.05, 0.1) is 6.54 Å². The monoisotopic (exact) mass is 282 g/mol. The molecule has 0 saturated heterocycles. The van der Waals surface area contributed by atoms with Gasteiger partial charge in [-0.2, -0.15) is 5.10 Å². The van der Waals surface area contributed by atoms with Crippen molar-refractivity contribution in [3.63, 3.8) is 0 Å². The molecule has 21 heavy (non-hydrogen) atoms. The first kappa shape index (κ1) is 14.8. The summed E-state index contributed by atoms with van der Waals surface area (Å²) in [5.74, 6) is 5.78. The molecule has 3 N–H and O–H groups in total. The Hall–Kier alpha value is -2.58. The fourth-order valence-electron chi connectivity index (χ4n) is 1.90. The Morgan fingerprint density at radius 2 is 2.33 bits per heavy atom. The molecule has 0 unspecified atom stereocenters. The summed E-state index contributed by atoms with van der Waals surface area (Å²) in [7, 11) is 0. The third-order valence-corrected chi connectivity index (χ3v) is 2.96. The topological polar surface area (TPSA) is 72.9 Å². The maximum absolute atomic E-state index is 11.9. The molecule has 0 aliphatic heterocycles. The molecule has 108 valence electrons. The van der Waals surface area contributed by atoms with E-state index in [1.165, 1.54) is 0 Å². The van der Waals surface area contributed by atoms with E-state index in [4.69, 9.17) is 5.73 Å². The van der Waals surface area contributed by atoms with Gasteiger partial charge >= 0.3 is 0 Å². The van der Waals surface area contributed by atoms with Gasteiger partial charge in [0.25, 0.3) is 0 Å². The van der Waals surface area contributed by atoms with Gasteiger partial charge < -0.3 is 11.1 Å². The highest BCUT2D eigenvalue weighted by Crippen LogP contribution is 2.14. The molecule has 0 spiro atoms. The maximum Gasteiger partial charge on any atom is 0.226 e. The number of nitrogens with zero attached hydrogens (tertiary/aromatic N) is 2. The van der Waals surface area contributed by atoms with Gasteiger partial charge in [-0.25, -0.2) is 0 Å². The molecule has 1 aromatic heterocycles. The number of aryl methyl sites for hydroxylation is 2.